The summed E-state index contributed by atoms with van der Waals surface area (Å²) in [7, 11) is 1.62. The smallest absolute Gasteiger partial charge is 0.201 e. The molecule has 0 bridgehead atoms. The van der Waals surface area contributed by atoms with E-state index in [1.165, 1.54) is 0 Å². The topological polar surface area (TPSA) is 64.4 Å². The molecule has 0 aliphatic rings. The number of amidine groups is 1. The SMILES string of the molecule is CN=C(N)c1cc(C(C)(C)C)no1. The van der Waals surface area contributed by atoms with Crippen molar-refractivity contribution in [3.05, 3.63) is 17.5 Å². The number of hydrogen-bond donors (Lipinski definition) is 1. The fourth-order valence-electron chi connectivity index (χ4n) is 0.860. The van der Waals surface area contributed by atoms with Gasteiger partial charge >= 0.3 is 0 Å². The van der Waals surface area contributed by atoms with E-state index in [1.807, 2.05) is 6.07 Å². The first-order valence-corrected chi connectivity index (χ1v) is 4.15. The number of aromatic nitrogens is 1. The van der Waals surface area contributed by atoms with Gasteiger partial charge in [-0.3, -0.25) is 4.99 Å². The Morgan fingerprint density at radius 1 is 1.54 bits per heavy atom. The van der Waals surface area contributed by atoms with Crippen LogP contribution in [0.2, 0.25) is 0 Å². The summed E-state index contributed by atoms with van der Waals surface area (Å²) < 4.78 is 5.04. The average molecular weight is 181 g/mol. The van der Waals surface area contributed by atoms with E-state index in [9.17, 15) is 0 Å². The van der Waals surface area contributed by atoms with Gasteiger partial charge in [-0.15, -0.1) is 0 Å². The van der Waals surface area contributed by atoms with Crippen molar-refractivity contribution in [1.29, 1.82) is 0 Å². The van der Waals surface area contributed by atoms with Gasteiger partial charge in [-0.1, -0.05) is 25.9 Å². The standard InChI is InChI=1S/C9H15N3O/c1-9(2,3)7-5-6(13-12-7)8(10)11-4/h5H,1-4H3,(H2,10,11). The van der Waals surface area contributed by atoms with Crippen LogP contribution in [0.25, 0.3) is 0 Å². The third kappa shape index (κ3) is 2.08. The van der Waals surface area contributed by atoms with Crippen molar-refractivity contribution >= 4 is 5.84 Å². The summed E-state index contributed by atoms with van der Waals surface area (Å²) in [4.78, 5) is 3.81. The Bertz CT molecular complexity index is 320. The molecule has 72 valence electrons. The second kappa shape index (κ2) is 3.20. The Morgan fingerprint density at radius 2 is 2.15 bits per heavy atom. The predicted molar refractivity (Wildman–Crippen MR) is 51.9 cm³/mol. The molecule has 0 saturated heterocycles. The number of aliphatic imine (C=N–C) groups is 1. The second-order valence-corrected chi connectivity index (χ2v) is 3.94. The number of nitrogens with zero attached hydrogens (tertiary/aromatic N) is 2. The molecular formula is C9H15N3O. The molecule has 1 heterocycles. The predicted octanol–water partition coefficient (Wildman–Crippen LogP) is 1.31. The molecule has 0 fully saturated rings. The van der Waals surface area contributed by atoms with Crippen LogP contribution in [0.15, 0.2) is 15.6 Å². The van der Waals surface area contributed by atoms with Crippen molar-refractivity contribution in [2.45, 2.75) is 26.2 Å². The van der Waals surface area contributed by atoms with Crippen LogP contribution in [-0.4, -0.2) is 18.0 Å². The van der Waals surface area contributed by atoms with Crippen molar-refractivity contribution in [1.82, 2.24) is 5.16 Å². The molecule has 4 nitrogen and oxygen atoms in total. The molecular weight excluding hydrogens is 166 g/mol. The highest BCUT2D eigenvalue weighted by Crippen LogP contribution is 2.21. The maximum absolute atomic E-state index is 5.57. The van der Waals surface area contributed by atoms with Crippen molar-refractivity contribution in [2.75, 3.05) is 7.05 Å². The molecule has 0 aliphatic carbocycles. The average Bonchev–Trinajstić information content (AvgIpc) is 2.50. The van der Waals surface area contributed by atoms with E-state index >= 15 is 0 Å². The molecule has 0 aliphatic heterocycles. The minimum atomic E-state index is -0.0181. The van der Waals surface area contributed by atoms with E-state index < -0.39 is 0 Å². The number of nitrogens with two attached hydrogens (primary N) is 1. The number of rotatable bonds is 1. The summed E-state index contributed by atoms with van der Waals surface area (Å²) in [6.07, 6.45) is 0. The lowest BCUT2D eigenvalue weighted by Crippen LogP contribution is -2.13. The van der Waals surface area contributed by atoms with Crippen LogP contribution in [0, 0.1) is 0 Å². The van der Waals surface area contributed by atoms with Crippen LogP contribution in [0.3, 0.4) is 0 Å². The molecule has 0 spiro atoms. The summed E-state index contributed by atoms with van der Waals surface area (Å²) in [6.45, 7) is 6.19. The molecule has 0 atom stereocenters. The van der Waals surface area contributed by atoms with Gasteiger partial charge in [-0.2, -0.15) is 0 Å². The van der Waals surface area contributed by atoms with Gasteiger partial charge in [0.2, 0.25) is 5.76 Å². The van der Waals surface area contributed by atoms with Crippen LogP contribution in [-0.2, 0) is 5.41 Å². The molecule has 1 aromatic rings. The highest BCUT2D eigenvalue weighted by molar-refractivity contribution is 5.94. The molecule has 13 heavy (non-hydrogen) atoms. The first-order chi connectivity index (χ1) is 5.95. The van der Waals surface area contributed by atoms with E-state index in [2.05, 4.69) is 30.9 Å². The van der Waals surface area contributed by atoms with E-state index in [4.69, 9.17) is 10.3 Å². The van der Waals surface area contributed by atoms with Gasteiger partial charge in [0.25, 0.3) is 0 Å². The molecule has 1 rings (SSSR count). The van der Waals surface area contributed by atoms with E-state index in [1.54, 1.807) is 7.05 Å². The lowest BCUT2D eigenvalue weighted by molar-refractivity contribution is 0.387. The zero-order chi connectivity index (χ0) is 10.1. The van der Waals surface area contributed by atoms with Crippen LogP contribution in [0.5, 0.6) is 0 Å². The third-order valence-corrected chi connectivity index (χ3v) is 1.77. The minimum Gasteiger partial charge on any atom is -0.381 e. The Labute approximate surface area is 77.8 Å². The summed E-state index contributed by atoms with van der Waals surface area (Å²) in [5.41, 5.74) is 6.43. The van der Waals surface area contributed by atoms with Crippen LogP contribution in [0.4, 0.5) is 0 Å². The molecule has 0 aromatic carbocycles. The van der Waals surface area contributed by atoms with Crippen LogP contribution < -0.4 is 5.73 Å². The zero-order valence-corrected chi connectivity index (χ0v) is 8.46. The van der Waals surface area contributed by atoms with Crippen molar-refractivity contribution < 1.29 is 4.52 Å². The van der Waals surface area contributed by atoms with E-state index in [0.717, 1.165) is 5.69 Å². The molecule has 0 saturated carbocycles. The van der Waals surface area contributed by atoms with E-state index in [-0.39, 0.29) is 5.41 Å². The van der Waals surface area contributed by atoms with Gasteiger partial charge in [0.15, 0.2) is 5.84 Å². The van der Waals surface area contributed by atoms with Gasteiger partial charge in [-0.05, 0) is 0 Å². The summed E-state index contributed by atoms with van der Waals surface area (Å²) in [6, 6.07) is 1.82. The van der Waals surface area contributed by atoms with Crippen LogP contribution in [0.1, 0.15) is 32.2 Å². The van der Waals surface area contributed by atoms with Gasteiger partial charge in [0.1, 0.15) is 0 Å². The highest BCUT2D eigenvalue weighted by Gasteiger charge is 2.19. The number of hydrogen-bond acceptors (Lipinski definition) is 3. The molecule has 0 unspecified atom stereocenters. The fraction of sp³-hybridized carbons (Fsp3) is 0.556. The Hall–Kier alpha value is -1.32. The Kier molecular flexibility index (Phi) is 2.40. The van der Waals surface area contributed by atoms with Crippen molar-refractivity contribution in [2.24, 2.45) is 10.7 Å². The fourth-order valence-corrected chi connectivity index (χ4v) is 0.860. The van der Waals surface area contributed by atoms with Gasteiger partial charge < -0.3 is 10.3 Å². The first kappa shape index (κ1) is 9.77. The Morgan fingerprint density at radius 3 is 2.54 bits per heavy atom. The lowest BCUT2D eigenvalue weighted by atomic mass is 9.92. The molecule has 0 amide bonds. The lowest BCUT2D eigenvalue weighted by Gasteiger charge is -2.12. The molecule has 0 radical (unpaired) electrons. The van der Waals surface area contributed by atoms with Crippen LogP contribution >= 0.6 is 0 Å². The zero-order valence-electron chi connectivity index (χ0n) is 8.46. The Balaban J connectivity index is 3.00. The summed E-state index contributed by atoms with van der Waals surface area (Å²) in [5.74, 6) is 0.912. The maximum atomic E-state index is 5.57. The highest BCUT2D eigenvalue weighted by atomic mass is 16.5. The molecule has 4 heteroatoms. The molecule has 1 aromatic heterocycles. The van der Waals surface area contributed by atoms with Gasteiger partial charge in [-0.25, -0.2) is 0 Å². The quantitative estimate of drug-likeness (QED) is 0.524. The minimum absolute atomic E-state index is 0.0181. The van der Waals surface area contributed by atoms with E-state index in [0.29, 0.717) is 11.6 Å². The summed E-state index contributed by atoms with van der Waals surface area (Å²) in [5, 5.41) is 3.92. The van der Waals surface area contributed by atoms with Gasteiger partial charge in [0.05, 0.1) is 5.69 Å². The first-order valence-electron chi connectivity index (χ1n) is 4.15. The maximum Gasteiger partial charge on any atom is 0.201 e. The van der Waals surface area contributed by atoms with Crippen molar-refractivity contribution in [3.8, 4) is 0 Å². The summed E-state index contributed by atoms with van der Waals surface area (Å²) >= 11 is 0. The third-order valence-electron chi connectivity index (χ3n) is 1.77. The second-order valence-electron chi connectivity index (χ2n) is 3.94. The van der Waals surface area contributed by atoms with Crippen molar-refractivity contribution in [3.63, 3.8) is 0 Å². The molecule has 2 N–H and O–H groups in total. The van der Waals surface area contributed by atoms with Gasteiger partial charge in [0, 0.05) is 18.5 Å². The normalized spacial score (nSPS) is 13.4. The largest absolute Gasteiger partial charge is 0.381 e. The monoisotopic (exact) mass is 181 g/mol.